The molecule has 0 saturated heterocycles. The number of hydrogen-bond donors (Lipinski definition) is 1. The van der Waals surface area contributed by atoms with Crippen molar-refractivity contribution in [1.29, 1.82) is 0 Å². The molecule has 0 spiro atoms. The maximum atomic E-state index is 10.5. The molecule has 5 heteroatoms. The summed E-state index contributed by atoms with van der Waals surface area (Å²) < 4.78 is 1.62. The number of hydrogen-bond acceptors (Lipinski definition) is 4. The Balaban J connectivity index is 2.16. The number of nitrogens with zero attached hydrogens (tertiary/aromatic N) is 3. The molecule has 1 aliphatic rings. The zero-order valence-electron chi connectivity index (χ0n) is 8.54. The van der Waals surface area contributed by atoms with Crippen molar-refractivity contribution in [3.8, 4) is 0 Å². The van der Waals surface area contributed by atoms with Gasteiger partial charge >= 0.3 is 0 Å². The topological polar surface area (TPSA) is 68.0 Å². The minimum atomic E-state index is -0.367. The maximum absolute atomic E-state index is 10.5. The van der Waals surface area contributed by atoms with Gasteiger partial charge < -0.3 is 5.11 Å². The lowest BCUT2D eigenvalue weighted by atomic mass is 10.1. The second-order valence-corrected chi connectivity index (χ2v) is 4.01. The summed E-state index contributed by atoms with van der Waals surface area (Å²) in [5.74, 6) is 0. The molecule has 5 nitrogen and oxygen atoms in total. The Morgan fingerprint density at radius 1 is 1.40 bits per heavy atom. The average Bonchev–Trinajstić information content (AvgIpc) is 2.62. The number of aliphatic hydroxyl groups excluding tert-OH is 1. The van der Waals surface area contributed by atoms with Crippen LogP contribution in [-0.2, 0) is 0 Å². The highest BCUT2D eigenvalue weighted by molar-refractivity contribution is 5.70. The standard InChI is InChI=1S/C10H15N3O2/c14-7-8-6-13(12-11-8)9-4-2-1-3-5-10(9)15/h6-7,9-10,15H,1-5H2. The van der Waals surface area contributed by atoms with E-state index in [2.05, 4.69) is 10.3 Å². The van der Waals surface area contributed by atoms with Crippen LogP contribution in [-0.4, -0.2) is 32.5 Å². The fourth-order valence-corrected chi connectivity index (χ4v) is 2.08. The van der Waals surface area contributed by atoms with E-state index in [9.17, 15) is 9.90 Å². The van der Waals surface area contributed by atoms with Crippen LogP contribution in [0.2, 0.25) is 0 Å². The summed E-state index contributed by atoms with van der Waals surface area (Å²) in [5, 5.41) is 17.5. The molecule has 1 saturated carbocycles. The monoisotopic (exact) mass is 209 g/mol. The molecule has 1 fully saturated rings. The summed E-state index contributed by atoms with van der Waals surface area (Å²) in [4.78, 5) is 10.5. The fourth-order valence-electron chi connectivity index (χ4n) is 2.08. The van der Waals surface area contributed by atoms with Crippen molar-refractivity contribution in [3.63, 3.8) is 0 Å². The van der Waals surface area contributed by atoms with Gasteiger partial charge in [0.05, 0.1) is 18.3 Å². The van der Waals surface area contributed by atoms with E-state index in [-0.39, 0.29) is 12.1 Å². The number of carbonyl (C=O) groups excluding carboxylic acids is 1. The highest BCUT2D eigenvalue weighted by atomic mass is 16.3. The number of aliphatic hydroxyl groups is 1. The molecule has 2 unspecified atom stereocenters. The van der Waals surface area contributed by atoms with E-state index in [4.69, 9.17) is 0 Å². The molecular formula is C10H15N3O2. The van der Waals surface area contributed by atoms with E-state index in [1.165, 1.54) is 0 Å². The van der Waals surface area contributed by atoms with E-state index in [1.54, 1.807) is 10.9 Å². The van der Waals surface area contributed by atoms with Gasteiger partial charge in [0.1, 0.15) is 5.69 Å². The molecule has 2 atom stereocenters. The molecule has 1 aromatic heterocycles. The van der Waals surface area contributed by atoms with Gasteiger partial charge in [0, 0.05) is 0 Å². The second-order valence-electron chi connectivity index (χ2n) is 4.01. The fraction of sp³-hybridized carbons (Fsp3) is 0.700. The second kappa shape index (κ2) is 4.53. The molecule has 1 N–H and O–H groups in total. The van der Waals surface area contributed by atoms with E-state index in [1.807, 2.05) is 0 Å². The molecule has 0 aromatic carbocycles. The van der Waals surface area contributed by atoms with Crippen molar-refractivity contribution in [2.45, 2.75) is 44.2 Å². The Kier molecular flexibility index (Phi) is 3.11. The molecule has 82 valence electrons. The first-order chi connectivity index (χ1) is 7.31. The van der Waals surface area contributed by atoms with E-state index >= 15 is 0 Å². The van der Waals surface area contributed by atoms with Crippen LogP contribution in [0, 0.1) is 0 Å². The maximum Gasteiger partial charge on any atom is 0.171 e. The molecular weight excluding hydrogens is 194 g/mol. The Morgan fingerprint density at radius 3 is 2.93 bits per heavy atom. The van der Waals surface area contributed by atoms with Crippen LogP contribution in [0.5, 0.6) is 0 Å². The Bertz CT molecular complexity index is 337. The molecule has 0 aliphatic heterocycles. The van der Waals surface area contributed by atoms with E-state index < -0.39 is 0 Å². The number of rotatable bonds is 2. The van der Waals surface area contributed by atoms with Crippen molar-refractivity contribution in [1.82, 2.24) is 15.0 Å². The van der Waals surface area contributed by atoms with Crippen molar-refractivity contribution < 1.29 is 9.90 Å². The van der Waals surface area contributed by atoms with Gasteiger partial charge in [-0.25, -0.2) is 4.68 Å². The molecule has 0 bridgehead atoms. The van der Waals surface area contributed by atoms with Gasteiger partial charge in [0.15, 0.2) is 6.29 Å². The van der Waals surface area contributed by atoms with Gasteiger partial charge in [0.25, 0.3) is 0 Å². The van der Waals surface area contributed by atoms with Gasteiger partial charge in [-0.1, -0.05) is 24.5 Å². The van der Waals surface area contributed by atoms with Crippen LogP contribution in [0.25, 0.3) is 0 Å². The Labute approximate surface area is 88.1 Å². The van der Waals surface area contributed by atoms with Crippen LogP contribution < -0.4 is 0 Å². The van der Waals surface area contributed by atoms with Crippen LogP contribution in [0.4, 0.5) is 0 Å². The summed E-state index contributed by atoms with van der Waals surface area (Å²) in [6.45, 7) is 0. The number of carbonyl (C=O) groups is 1. The van der Waals surface area contributed by atoms with Gasteiger partial charge in [-0.05, 0) is 12.8 Å². The summed E-state index contributed by atoms with van der Waals surface area (Å²) in [5.41, 5.74) is 0.325. The lowest BCUT2D eigenvalue weighted by Crippen LogP contribution is -2.23. The van der Waals surface area contributed by atoms with Crippen molar-refractivity contribution >= 4 is 6.29 Å². The average molecular weight is 209 g/mol. The number of aromatic nitrogens is 3. The van der Waals surface area contributed by atoms with E-state index in [0.29, 0.717) is 12.0 Å². The third-order valence-corrected chi connectivity index (χ3v) is 2.93. The summed E-state index contributed by atoms with van der Waals surface area (Å²) in [6, 6.07) is -0.0197. The molecule has 0 amide bonds. The predicted molar refractivity (Wildman–Crippen MR) is 53.5 cm³/mol. The lowest BCUT2D eigenvalue weighted by Gasteiger charge is -2.19. The van der Waals surface area contributed by atoms with Gasteiger partial charge in [-0.15, -0.1) is 5.10 Å². The zero-order valence-corrected chi connectivity index (χ0v) is 8.54. The zero-order chi connectivity index (χ0) is 10.7. The minimum Gasteiger partial charge on any atom is -0.391 e. The molecule has 2 rings (SSSR count). The first kappa shape index (κ1) is 10.3. The predicted octanol–water partition coefficient (Wildman–Crippen LogP) is 0.957. The lowest BCUT2D eigenvalue weighted by molar-refractivity contribution is 0.0979. The third-order valence-electron chi connectivity index (χ3n) is 2.93. The van der Waals surface area contributed by atoms with Crippen molar-refractivity contribution in [2.24, 2.45) is 0 Å². The summed E-state index contributed by atoms with van der Waals surface area (Å²) >= 11 is 0. The van der Waals surface area contributed by atoms with Crippen LogP contribution in [0.15, 0.2) is 6.20 Å². The largest absolute Gasteiger partial charge is 0.391 e. The molecule has 1 heterocycles. The van der Waals surface area contributed by atoms with Crippen LogP contribution in [0.3, 0.4) is 0 Å². The first-order valence-electron chi connectivity index (χ1n) is 5.36. The van der Waals surface area contributed by atoms with Crippen molar-refractivity contribution in [3.05, 3.63) is 11.9 Å². The highest BCUT2D eigenvalue weighted by Crippen LogP contribution is 2.26. The smallest absolute Gasteiger partial charge is 0.171 e. The first-order valence-corrected chi connectivity index (χ1v) is 5.36. The quantitative estimate of drug-likeness (QED) is 0.581. The van der Waals surface area contributed by atoms with Crippen LogP contribution in [0.1, 0.15) is 48.6 Å². The van der Waals surface area contributed by atoms with Gasteiger partial charge in [-0.3, -0.25) is 4.79 Å². The molecule has 1 aliphatic carbocycles. The number of aldehydes is 1. The van der Waals surface area contributed by atoms with E-state index in [0.717, 1.165) is 32.1 Å². The summed E-state index contributed by atoms with van der Waals surface area (Å²) in [6.07, 6.45) is 6.93. The van der Waals surface area contributed by atoms with Gasteiger partial charge in [0.2, 0.25) is 0 Å². The molecule has 15 heavy (non-hydrogen) atoms. The van der Waals surface area contributed by atoms with Crippen LogP contribution >= 0.6 is 0 Å². The minimum absolute atomic E-state index is 0.0197. The third kappa shape index (κ3) is 2.23. The Morgan fingerprint density at radius 2 is 2.20 bits per heavy atom. The normalized spacial score (nSPS) is 27.3. The highest BCUT2D eigenvalue weighted by Gasteiger charge is 2.24. The Hall–Kier alpha value is -1.23. The molecule has 0 radical (unpaired) electrons. The van der Waals surface area contributed by atoms with Gasteiger partial charge in [-0.2, -0.15) is 0 Å². The summed E-state index contributed by atoms with van der Waals surface area (Å²) in [7, 11) is 0. The molecule has 1 aromatic rings. The SMILES string of the molecule is O=Cc1cn(C2CCCCCC2O)nn1. The van der Waals surface area contributed by atoms with Crippen molar-refractivity contribution in [2.75, 3.05) is 0 Å².